The molecular weight excluding hydrogens is 234 g/mol. The minimum atomic E-state index is -0.600. The first-order valence-electron chi connectivity index (χ1n) is 6.60. The van der Waals surface area contributed by atoms with Crippen LogP contribution in [0.1, 0.15) is 12.8 Å². The molecule has 6 heteroatoms. The molecule has 6 nitrogen and oxygen atoms in total. The molecule has 0 radical (unpaired) electrons. The van der Waals surface area contributed by atoms with Gasteiger partial charge in [-0.25, -0.2) is 0 Å². The molecular formula is C12H19N3O3. The lowest BCUT2D eigenvalue weighted by Crippen LogP contribution is -2.49. The van der Waals surface area contributed by atoms with Crippen LogP contribution < -0.4 is 11.1 Å². The van der Waals surface area contributed by atoms with Gasteiger partial charge < -0.3 is 21.1 Å². The van der Waals surface area contributed by atoms with Crippen LogP contribution >= 0.6 is 0 Å². The lowest BCUT2D eigenvalue weighted by Gasteiger charge is -2.28. The molecule has 100 valence electrons. The maximum atomic E-state index is 12.1. The van der Waals surface area contributed by atoms with Gasteiger partial charge in [-0.3, -0.25) is 9.59 Å². The smallest absolute Gasteiger partial charge is 0.312 e. The molecule has 2 saturated carbocycles. The number of likely N-dealkylation sites (tertiary alicyclic amines) is 1. The van der Waals surface area contributed by atoms with Crippen LogP contribution in [0.5, 0.6) is 0 Å². The third-order valence-electron chi connectivity index (χ3n) is 4.73. The predicted molar refractivity (Wildman–Crippen MR) is 63.3 cm³/mol. The van der Waals surface area contributed by atoms with Crippen LogP contribution in [0.3, 0.4) is 0 Å². The third-order valence-corrected chi connectivity index (χ3v) is 4.73. The molecule has 0 spiro atoms. The van der Waals surface area contributed by atoms with Crippen LogP contribution in [0.25, 0.3) is 0 Å². The van der Waals surface area contributed by atoms with Crippen LogP contribution in [0.2, 0.25) is 0 Å². The van der Waals surface area contributed by atoms with E-state index in [9.17, 15) is 14.7 Å². The average molecular weight is 253 g/mol. The molecule has 2 amide bonds. The van der Waals surface area contributed by atoms with Crippen molar-refractivity contribution in [2.24, 2.45) is 23.5 Å². The molecule has 1 aliphatic heterocycles. The normalized spacial score (nSPS) is 40.3. The SMILES string of the molecule is NCCNC(=O)C(=O)N1CC2CC3CC2C1C3O. The molecule has 1 saturated heterocycles. The van der Waals surface area contributed by atoms with E-state index in [-0.39, 0.29) is 6.04 Å². The van der Waals surface area contributed by atoms with Crippen molar-refractivity contribution >= 4 is 11.8 Å². The lowest BCUT2D eigenvalue weighted by molar-refractivity contribution is -0.147. The van der Waals surface area contributed by atoms with Crippen LogP contribution in [-0.4, -0.2) is 53.6 Å². The van der Waals surface area contributed by atoms with Crippen molar-refractivity contribution in [3.8, 4) is 0 Å². The van der Waals surface area contributed by atoms with Crippen molar-refractivity contribution < 1.29 is 14.7 Å². The molecule has 3 rings (SSSR count). The van der Waals surface area contributed by atoms with Crippen LogP contribution in [0.15, 0.2) is 0 Å². The Morgan fingerprint density at radius 1 is 1.33 bits per heavy atom. The van der Waals surface area contributed by atoms with Gasteiger partial charge >= 0.3 is 11.8 Å². The fraction of sp³-hybridized carbons (Fsp3) is 0.833. The molecule has 0 aromatic rings. The summed E-state index contributed by atoms with van der Waals surface area (Å²) in [6.07, 6.45) is 1.56. The van der Waals surface area contributed by atoms with Gasteiger partial charge in [0, 0.05) is 19.6 Å². The zero-order valence-corrected chi connectivity index (χ0v) is 10.2. The molecule has 5 unspecified atom stereocenters. The average Bonchev–Trinajstić information content (AvgIpc) is 2.95. The van der Waals surface area contributed by atoms with E-state index in [2.05, 4.69) is 5.32 Å². The first kappa shape index (κ1) is 11.9. The van der Waals surface area contributed by atoms with E-state index in [4.69, 9.17) is 5.73 Å². The van der Waals surface area contributed by atoms with Gasteiger partial charge in [0.2, 0.25) is 0 Å². The maximum Gasteiger partial charge on any atom is 0.312 e. The number of aliphatic hydroxyl groups is 1. The summed E-state index contributed by atoms with van der Waals surface area (Å²) in [5.74, 6) is 0.0979. The van der Waals surface area contributed by atoms with E-state index < -0.39 is 17.9 Å². The van der Waals surface area contributed by atoms with Crippen molar-refractivity contribution in [3.63, 3.8) is 0 Å². The van der Waals surface area contributed by atoms with Gasteiger partial charge in [0.25, 0.3) is 0 Å². The maximum absolute atomic E-state index is 12.1. The van der Waals surface area contributed by atoms with E-state index in [0.717, 1.165) is 12.8 Å². The number of carbonyl (C=O) groups excluding carboxylic acids is 2. The van der Waals surface area contributed by atoms with Gasteiger partial charge in [-0.1, -0.05) is 0 Å². The van der Waals surface area contributed by atoms with Gasteiger partial charge in [0.15, 0.2) is 0 Å². The van der Waals surface area contributed by atoms with E-state index in [1.807, 2.05) is 0 Å². The number of fused-ring (bicyclic) bond motifs is 1. The Morgan fingerprint density at radius 3 is 2.78 bits per heavy atom. The highest BCUT2D eigenvalue weighted by Crippen LogP contribution is 2.54. The zero-order chi connectivity index (χ0) is 12.9. The van der Waals surface area contributed by atoms with Crippen LogP contribution in [0.4, 0.5) is 0 Å². The number of aliphatic hydroxyl groups excluding tert-OH is 1. The van der Waals surface area contributed by atoms with Crippen molar-refractivity contribution in [3.05, 3.63) is 0 Å². The topological polar surface area (TPSA) is 95.7 Å². The van der Waals surface area contributed by atoms with Gasteiger partial charge in [0.05, 0.1) is 12.1 Å². The molecule has 5 atom stereocenters. The van der Waals surface area contributed by atoms with E-state index in [1.54, 1.807) is 4.90 Å². The number of hydrogen-bond donors (Lipinski definition) is 3. The molecule has 18 heavy (non-hydrogen) atoms. The number of nitrogens with one attached hydrogen (secondary N) is 1. The predicted octanol–water partition coefficient (Wildman–Crippen LogP) is -1.71. The molecule has 3 aliphatic rings. The summed E-state index contributed by atoms with van der Waals surface area (Å²) < 4.78 is 0. The Kier molecular flexibility index (Phi) is 2.79. The fourth-order valence-corrected chi connectivity index (χ4v) is 4.04. The Bertz CT molecular complexity index is 385. The zero-order valence-electron chi connectivity index (χ0n) is 10.2. The molecule has 1 heterocycles. The second kappa shape index (κ2) is 4.20. The number of rotatable bonds is 2. The Morgan fingerprint density at radius 2 is 2.11 bits per heavy atom. The van der Waals surface area contributed by atoms with Crippen LogP contribution in [0, 0.1) is 17.8 Å². The summed E-state index contributed by atoms with van der Waals surface area (Å²) in [6.45, 7) is 1.25. The Hall–Kier alpha value is -1.14. The summed E-state index contributed by atoms with van der Waals surface area (Å²) in [5, 5.41) is 12.6. The highest BCUT2D eigenvalue weighted by atomic mass is 16.3. The van der Waals surface area contributed by atoms with Gasteiger partial charge in [-0.2, -0.15) is 0 Å². The van der Waals surface area contributed by atoms with Crippen molar-refractivity contribution in [2.45, 2.75) is 25.0 Å². The van der Waals surface area contributed by atoms with Crippen molar-refractivity contribution in [1.29, 1.82) is 0 Å². The molecule has 4 N–H and O–H groups in total. The number of carbonyl (C=O) groups is 2. The second-order valence-corrected chi connectivity index (χ2v) is 5.64. The Balaban J connectivity index is 1.70. The highest BCUT2D eigenvalue weighted by molar-refractivity contribution is 6.35. The number of amides is 2. The molecule has 0 aromatic heterocycles. The molecule has 2 bridgehead atoms. The third kappa shape index (κ3) is 1.55. The fourth-order valence-electron chi connectivity index (χ4n) is 4.04. The molecule has 3 fully saturated rings. The van der Waals surface area contributed by atoms with Crippen molar-refractivity contribution in [1.82, 2.24) is 10.2 Å². The summed E-state index contributed by atoms with van der Waals surface area (Å²) in [7, 11) is 0. The van der Waals surface area contributed by atoms with Crippen molar-refractivity contribution in [2.75, 3.05) is 19.6 Å². The first-order chi connectivity index (χ1) is 8.63. The minimum Gasteiger partial charge on any atom is -0.391 e. The molecule has 0 aromatic carbocycles. The minimum absolute atomic E-state index is 0.134. The lowest BCUT2D eigenvalue weighted by atomic mass is 9.88. The second-order valence-electron chi connectivity index (χ2n) is 5.64. The van der Waals surface area contributed by atoms with Crippen LogP contribution in [-0.2, 0) is 9.59 Å². The van der Waals surface area contributed by atoms with Gasteiger partial charge in [-0.15, -0.1) is 0 Å². The van der Waals surface area contributed by atoms with Gasteiger partial charge in [0.1, 0.15) is 0 Å². The molecule has 2 aliphatic carbocycles. The summed E-state index contributed by atoms with van der Waals surface area (Å²) in [5.41, 5.74) is 5.29. The van der Waals surface area contributed by atoms with E-state index in [1.165, 1.54) is 0 Å². The summed E-state index contributed by atoms with van der Waals surface area (Å²) in [4.78, 5) is 25.3. The standard InChI is InChI=1S/C12H19N3O3/c13-1-2-14-11(17)12(18)15-5-7-3-6-4-8(7)9(15)10(6)16/h6-10,16H,1-5,13H2,(H,14,17). The van der Waals surface area contributed by atoms with Gasteiger partial charge in [-0.05, 0) is 30.6 Å². The summed E-state index contributed by atoms with van der Waals surface area (Å²) >= 11 is 0. The number of nitrogens with zero attached hydrogens (tertiary/aromatic N) is 1. The monoisotopic (exact) mass is 253 g/mol. The number of nitrogens with two attached hydrogens (primary N) is 1. The first-order valence-corrected chi connectivity index (χ1v) is 6.60. The van der Waals surface area contributed by atoms with E-state index in [0.29, 0.717) is 37.4 Å². The Labute approximate surface area is 106 Å². The quantitative estimate of drug-likeness (QED) is 0.511. The summed E-state index contributed by atoms with van der Waals surface area (Å²) in [6, 6.07) is -0.134. The van der Waals surface area contributed by atoms with E-state index >= 15 is 0 Å². The largest absolute Gasteiger partial charge is 0.391 e. The number of hydrogen-bond acceptors (Lipinski definition) is 4. The highest BCUT2D eigenvalue weighted by Gasteiger charge is 2.60.